The van der Waals surface area contributed by atoms with Gasteiger partial charge in [-0.2, -0.15) is 0 Å². The number of piperidine rings is 1. The highest BCUT2D eigenvalue weighted by Gasteiger charge is 2.23. The highest BCUT2D eigenvalue weighted by atomic mass is 16.5. The fourth-order valence-corrected chi connectivity index (χ4v) is 2.07. The predicted octanol–water partition coefficient (Wildman–Crippen LogP) is 1.01. The molecule has 1 N–H and O–H groups in total. The van der Waals surface area contributed by atoms with E-state index in [1.807, 2.05) is 11.8 Å². The number of amides is 1. The predicted molar refractivity (Wildman–Crippen MR) is 64.4 cm³/mol. The van der Waals surface area contributed by atoms with E-state index in [0.29, 0.717) is 6.42 Å². The second-order valence-corrected chi connectivity index (χ2v) is 4.16. The van der Waals surface area contributed by atoms with Crippen LogP contribution in [0, 0.1) is 0 Å². The number of likely N-dealkylation sites (tertiary alicyclic amines) is 1. The van der Waals surface area contributed by atoms with Crippen LogP contribution in [0.2, 0.25) is 0 Å². The van der Waals surface area contributed by atoms with Gasteiger partial charge >= 0.3 is 0 Å². The molecule has 0 aromatic rings. The number of rotatable bonds is 6. The molecule has 0 bridgehead atoms. The molecule has 0 aromatic carbocycles. The van der Waals surface area contributed by atoms with Crippen molar-refractivity contribution < 1.29 is 9.53 Å². The lowest BCUT2D eigenvalue weighted by Crippen LogP contribution is -2.43. The summed E-state index contributed by atoms with van der Waals surface area (Å²) in [7, 11) is 0. The van der Waals surface area contributed by atoms with Crippen LogP contribution in [0.4, 0.5) is 0 Å². The average Bonchev–Trinajstić information content (AvgIpc) is 2.30. The first-order valence-electron chi connectivity index (χ1n) is 6.38. The molecule has 0 saturated carbocycles. The smallest absolute Gasteiger partial charge is 0.223 e. The van der Waals surface area contributed by atoms with Crippen LogP contribution >= 0.6 is 0 Å². The fraction of sp³-hybridized carbons (Fsp3) is 0.917. The van der Waals surface area contributed by atoms with Gasteiger partial charge in [-0.05, 0) is 26.3 Å². The molecule has 0 spiro atoms. The first kappa shape index (κ1) is 13.5. The summed E-state index contributed by atoms with van der Waals surface area (Å²) in [5.41, 5.74) is 0. The van der Waals surface area contributed by atoms with E-state index in [0.717, 1.165) is 45.6 Å². The van der Waals surface area contributed by atoms with Crippen LogP contribution in [0.5, 0.6) is 0 Å². The van der Waals surface area contributed by atoms with Gasteiger partial charge < -0.3 is 15.0 Å². The second kappa shape index (κ2) is 7.63. The lowest BCUT2D eigenvalue weighted by molar-refractivity contribution is -0.135. The zero-order valence-corrected chi connectivity index (χ0v) is 10.5. The van der Waals surface area contributed by atoms with Crippen LogP contribution in [0.15, 0.2) is 0 Å². The summed E-state index contributed by atoms with van der Waals surface area (Å²) in [6.45, 7) is 8.18. The van der Waals surface area contributed by atoms with E-state index in [9.17, 15) is 4.79 Å². The van der Waals surface area contributed by atoms with Gasteiger partial charge in [-0.3, -0.25) is 4.79 Å². The van der Waals surface area contributed by atoms with Gasteiger partial charge in [-0.1, -0.05) is 6.92 Å². The van der Waals surface area contributed by atoms with E-state index in [1.165, 1.54) is 0 Å². The van der Waals surface area contributed by atoms with Gasteiger partial charge in [0.2, 0.25) is 5.91 Å². The first-order chi connectivity index (χ1) is 7.77. The Bertz CT molecular complexity index is 207. The Balaban J connectivity index is 2.26. The monoisotopic (exact) mass is 228 g/mol. The Morgan fingerprint density at radius 2 is 2.31 bits per heavy atom. The van der Waals surface area contributed by atoms with E-state index in [4.69, 9.17) is 4.74 Å². The minimum absolute atomic E-state index is 0.252. The topological polar surface area (TPSA) is 41.6 Å². The fourth-order valence-electron chi connectivity index (χ4n) is 2.07. The maximum atomic E-state index is 11.9. The molecule has 0 radical (unpaired) electrons. The molecule has 0 aliphatic carbocycles. The molecule has 0 aromatic heterocycles. The van der Waals surface area contributed by atoms with Crippen LogP contribution in [-0.4, -0.2) is 49.7 Å². The van der Waals surface area contributed by atoms with Crippen molar-refractivity contribution in [1.29, 1.82) is 0 Å². The van der Waals surface area contributed by atoms with Crippen LogP contribution in [0.3, 0.4) is 0 Å². The molecule has 1 amide bonds. The molecule has 4 nitrogen and oxygen atoms in total. The molecule has 1 unspecified atom stereocenters. The van der Waals surface area contributed by atoms with Crippen molar-refractivity contribution in [3.63, 3.8) is 0 Å². The molecule has 16 heavy (non-hydrogen) atoms. The summed E-state index contributed by atoms with van der Waals surface area (Å²) in [5.74, 6) is 0.255. The zero-order chi connectivity index (χ0) is 11.8. The summed E-state index contributed by atoms with van der Waals surface area (Å²) in [6.07, 6.45) is 3.01. The molecule has 1 aliphatic heterocycles. The molecule has 1 rings (SSSR count). The Kier molecular flexibility index (Phi) is 6.42. The van der Waals surface area contributed by atoms with Crippen LogP contribution in [-0.2, 0) is 9.53 Å². The minimum Gasteiger partial charge on any atom is -0.377 e. The van der Waals surface area contributed by atoms with Crippen LogP contribution < -0.4 is 5.32 Å². The van der Waals surface area contributed by atoms with Gasteiger partial charge in [0.15, 0.2) is 0 Å². The lowest BCUT2D eigenvalue weighted by Gasteiger charge is -2.32. The van der Waals surface area contributed by atoms with Crippen molar-refractivity contribution in [3.05, 3.63) is 0 Å². The number of carbonyl (C=O) groups is 1. The van der Waals surface area contributed by atoms with E-state index >= 15 is 0 Å². The molecule has 1 aliphatic rings. The summed E-state index contributed by atoms with van der Waals surface area (Å²) in [4.78, 5) is 13.8. The van der Waals surface area contributed by atoms with Crippen molar-refractivity contribution in [2.75, 3.05) is 32.8 Å². The molecular formula is C12H24N2O2. The summed E-state index contributed by atoms with van der Waals surface area (Å²) in [6, 6.07) is 0. The quantitative estimate of drug-likeness (QED) is 0.690. The maximum absolute atomic E-state index is 11.9. The third kappa shape index (κ3) is 4.49. The molecular weight excluding hydrogens is 204 g/mol. The molecule has 1 atom stereocenters. The van der Waals surface area contributed by atoms with Crippen molar-refractivity contribution in [3.8, 4) is 0 Å². The average molecular weight is 228 g/mol. The SMILES string of the molecule is CCNCCC(=O)N1CCCC(OCC)C1. The van der Waals surface area contributed by atoms with Crippen LogP contribution in [0.25, 0.3) is 0 Å². The Labute approximate surface area is 98.3 Å². The highest BCUT2D eigenvalue weighted by molar-refractivity contribution is 5.76. The Morgan fingerprint density at radius 3 is 3.00 bits per heavy atom. The molecule has 94 valence electrons. The minimum atomic E-state index is 0.252. The van der Waals surface area contributed by atoms with Gasteiger partial charge in [0.25, 0.3) is 0 Å². The van der Waals surface area contributed by atoms with Gasteiger partial charge in [-0.25, -0.2) is 0 Å². The van der Waals surface area contributed by atoms with Gasteiger partial charge in [-0.15, -0.1) is 0 Å². The second-order valence-electron chi connectivity index (χ2n) is 4.16. The third-order valence-electron chi connectivity index (χ3n) is 2.90. The van der Waals surface area contributed by atoms with Crippen molar-refractivity contribution >= 4 is 5.91 Å². The number of hydrogen-bond donors (Lipinski definition) is 1. The Morgan fingerprint density at radius 1 is 1.50 bits per heavy atom. The number of ether oxygens (including phenoxy) is 1. The van der Waals surface area contributed by atoms with Gasteiger partial charge in [0.1, 0.15) is 0 Å². The first-order valence-corrected chi connectivity index (χ1v) is 6.38. The van der Waals surface area contributed by atoms with E-state index in [1.54, 1.807) is 0 Å². The summed E-state index contributed by atoms with van der Waals surface area (Å²) < 4.78 is 5.58. The number of hydrogen-bond acceptors (Lipinski definition) is 3. The molecule has 1 heterocycles. The highest BCUT2D eigenvalue weighted by Crippen LogP contribution is 2.13. The molecule has 4 heteroatoms. The number of nitrogens with zero attached hydrogens (tertiary/aromatic N) is 1. The largest absolute Gasteiger partial charge is 0.377 e. The van der Waals surface area contributed by atoms with E-state index in [2.05, 4.69) is 12.2 Å². The molecule has 1 saturated heterocycles. The Hall–Kier alpha value is -0.610. The zero-order valence-electron chi connectivity index (χ0n) is 10.5. The number of carbonyl (C=O) groups excluding carboxylic acids is 1. The van der Waals surface area contributed by atoms with Crippen LogP contribution in [0.1, 0.15) is 33.1 Å². The number of nitrogens with one attached hydrogen (secondary N) is 1. The van der Waals surface area contributed by atoms with Crippen molar-refractivity contribution in [1.82, 2.24) is 10.2 Å². The normalized spacial score (nSPS) is 21.1. The van der Waals surface area contributed by atoms with E-state index < -0.39 is 0 Å². The van der Waals surface area contributed by atoms with Crippen molar-refractivity contribution in [2.24, 2.45) is 0 Å². The lowest BCUT2D eigenvalue weighted by atomic mass is 10.1. The van der Waals surface area contributed by atoms with E-state index in [-0.39, 0.29) is 12.0 Å². The summed E-state index contributed by atoms with van der Waals surface area (Å²) >= 11 is 0. The summed E-state index contributed by atoms with van der Waals surface area (Å²) in [5, 5.41) is 3.18. The van der Waals surface area contributed by atoms with Gasteiger partial charge in [0, 0.05) is 32.7 Å². The molecule has 1 fully saturated rings. The standard InChI is InChI=1S/C12H24N2O2/c1-3-13-8-7-12(15)14-9-5-6-11(10-14)16-4-2/h11,13H,3-10H2,1-2H3. The van der Waals surface area contributed by atoms with Crippen molar-refractivity contribution in [2.45, 2.75) is 39.2 Å². The van der Waals surface area contributed by atoms with Gasteiger partial charge in [0.05, 0.1) is 6.10 Å². The maximum Gasteiger partial charge on any atom is 0.223 e. The third-order valence-corrected chi connectivity index (χ3v) is 2.90.